The average molecular weight is 254 g/mol. The lowest BCUT2D eigenvalue weighted by molar-refractivity contribution is 0.0845. The van der Waals surface area contributed by atoms with Crippen LogP contribution in [0.25, 0.3) is 0 Å². The Labute approximate surface area is 111 Å². The van der Waals surface area contributed by atoms with E-state index in [1.54, 1.807) is 0 Å². The maximum Gasteiger partial charge on any atom is 0.0223 e. The highest BCUT2D eigenvalue weighted by Gasteiger charge is 2.40. The fraction of sp³-hybridized carbons (Fsp3) is 1.00. The number of hydrogen-bond acceptors (Lipinski definition) is 3. The van der Waals surface area contributed by atoms with Gasteiger partial charge >= 0.3 is 0 Å². The molecule has 2 nitrogen and oxygen atoms in total. The number of likely N-dealkylation sites (N-methyl/N-ethyl adjacent to an activating group) is 1. The van der Waals surface area contributed by atoms with E-state index in [9.17, 15) is 0 Å². The highest BCUT2D eigenvalue weighted by molar-refractivity contribution is 7.80. The predicted molar refractivity (Wildman–Crippen MR) is 75.8 cm³/mol. The fourth-order valence-electron chi connectivity index (χ4n) is 4.04. The highest BCUT2D eigenvalue weighted by Crippen LogP contribution is 2.43. The lowest BCUT2D eigenvalue weighted by Crippen LogP contribution is -2.46. The van der Waals surface area contributed by atoms with Crippen LogP contribution in [0.5, 0.6) is 0 Å². The molecule has 0 aromatic heterocycles. The molecule has 2 atom stereocenters. The Bertz CT molecular complexity index is 272. The number of rotatable bonds is 3. The van der Waals surface area contributed by atoms with Gasteiger partial charge in [0, 0.05) is 25.2 Å². The van der Waals surface area contributed by atoms with Gasteiger partial charge in [-0.15, -0.1) is 0 Å². The van der Waals surface area contributed by atoms with Gasteiger partial charge in [0.15, 0.2) is 0 Å². The van der Waals surface area contributed by atoms with Gasteiger partial charge in [0.1, 0.15) is 0 Å². The maximum atomic E-state index is 4.59. The summed E-state index contributed by atoms with van der Waals surface area (Å²) in [4.78, 5) is 5.39. The number of likely N-dealkylation sites (tertiary alicyclic amines) is 1. The van der Waals surface area contributed by atoms with Gasteiger partial charge in [-0.05, 0) is 56.9 Å². The zero-order valence-electron chi connectivity index (χ0n) is 11.1. The summed E-state index contributed by atoms with van der Waals surface area (Å²) in [7, 11) is 2.34. The maximum absolute atomic E-state index is 4.59. The molecular weight excluding hydrogens is 228 g/mol. The Morgan fingerprint density at radius 2 is 1.94 bits per heavy atom. The molecular formula is C14H26N2S. The van der Waals surface area contributed by atoms with Crippen LogP contribution < -0.4 is 0 Å². The van der Waals surface area contributed by atoms with E-state index in [2.05, 4.69) is 29.5 Å². The third-order valence-electron chi connectivity index (χ3n) is 5.54. The van der Waals surface area contributed by atoms with Gasteiger partial charge in [-0.25, -0.2) is 0 Å². The largest absolute Gasteiger partial charge is 0.301 e. The Balaban J connectivity index is 1.61. The zero-order chi connectivity index (χ0) is 11.9. The third kappa shape index (κ3) is 2.26. The van der Waals surface area contributed by atoms with E-state index in [0.717, 1.165) is 17.8 Å². The van der Waals surface area contributed by atoms with Crippen molar-refractivity contribution in [2.24, 2.45) is 5.41 Å². The summed E-state index contributed by atoms with van der Waals surface area (Å²) in [5.74, 6) is 1.09. The standard InChI is InChI=1S/C14H26N2S/c1-15-12-3-4-13(15)9-16(8-5-12)10-14(11-17)6-2-7-14/h12-13,17H,2-11H2,1H3. The van der Waals surface area contributed by atoms with Crippen molar-refractivity contribution in [3.63, 3.8) is 0 Å². The summed E-state index contributed by atoms with van der Waals surface area (Å²) < 4.78 is 0. The van der Waals surface area contributed by atoms with Crippen molar-refractivity contribution < 1.29 is 0 Å². The van der Waals surface area contributed by atoms with E-state index in [1.807, 2.05) is 0 Å². The van der Waals surface area contributed by atoms with Crippen LogP contribution in [0.1, 0.15) is 38.5 Å². The fourth-order valence-corrected chi connectivity index (χ4v) is 4.46. The van der Waals surface area contributed by atoms with E-state index in [1.165, 1.54) is 58.2 Å². The molecule has 0 amide bonds. The van der Waals surface area contributed by atoms with Crippen LogP contribution >= 0.6 is 12.6 Å². The van der Waals surface area contributed by atoms with Crippen LogP contribution in [0.2, 0.25) is 0 Å². The normalized spacial score (nSPS) is 37.8. The van der Waals surface area contributed by atoms with Crippen molar-refractivity contribution in [1.29, 1.82) is 0 Å². The molecule has 2 heterocycles. The molecule has 17 heavy (non-hydrogen) atoms. The first-order chi connectivity index (χ1) is 8.22. The van der Waals surface area contributed by atoms with Gasteiger partial charge in [-0.3, -0.25) is 4.90 Å². The third-order valence-corrected chi connectivity index (χ3v) is 6.21. The monoisotopic (exact) mass is 254 g/mol. The van der Waals surface area contributed by atoms with Gasteiger partial charge in [-0.2, -0.15) is 12.6 Å². The molecule has 0 aromatic carbocycles. The summed E-state index contributed by atoms with van der Waals surface area (Å²) >= 11 is 4.59. The lowest BCUT2D eigenvalue weighted by Gasteiger charge is -2.44. The van der Waals surface area contributed by atoms with Crippen LogP contribution in [0.4, 0.5) is 0 Å². The minimum absolute atomic E-state index is 0.575. The quantitative estimate of drug-likeness (QED) is 0.772. The van der Waals surface area contributed by atoms with Gasteiger partial charge in [0.25, 0.3) is 0 Å². The second-order valence-electron chi connectivity index (χ2n) is 6.59. The van der Waals surface area contributed by atoms with Crippen molar-refractivity contribution in [3.8, 4) is 0 Å². The van der Waals surface area contributed by atoms with Crippen molar-refractivity contribution in [1.82, 2.24) is 9.80 Å². The van der Waals surface area contributed by atoms with Gasteiger partial charge in [0.05, 0.1) is 0 Å². The minimum Gasteiger partial charge on any atom is -0.301 e. The molecule has 98 valence electrons. The number of hydrogen-bond donors (Lipinski definition) is 1. The molecule has 3 fully saturated rings. The van der Waals surface area contributed by atoms with E-state index >= 15 is 0 Å². The van der Waals surface area contributed by atoms with Gasteiger partial charge < -0.3 is 4.90 Å². The average Bonchev–Trinajstić information content (AvgIpc) is 2.51. The first kappa shape index (κ1) is 12.3. The Morgan fingerprint density at radius 3 is 2.59 bits per heavy atom. The smallest absolute Gasteiger partial charge is 0.0223 e. The first-order valence-corrected chi connectivity index (χ1v) is 7.91. The molecule has 3 aliphatic rings. The molecule has 0 radical (unpaired) electrons. The Morgan fingerprint density at radius 1 is 1.18 bits per heavy atom. The molecule has 2 unspecified atom stereocenters. The lowest BCUT2D eigenvalue weighted by atomic mass is 9.70. The van der Waals surface area contributed by atoms with Gasteiger partial charge in [-0.1, -0.05) is 6.42 Å². The van der Waals surface area contributed by atoms with Crippen molar-refractivity contribution in [2.45, 2.75) is 50.6 Å². The summed E-state index contributed by atoms with van der Waals surface area (Å²) in [6.45, 7) is 3.94. The molecule has 0 N–H and O–H groups in total. The van der Waals surface area contributed by atoms with E-state index in [0.29, 0.717) is 5.41 Å². The predicted octanol–water partition coefficient (Wildman–Crippen LogP) is 2.25. The van der Waals surface area contributed by atoms with Gasteiger partial charge in [0.2, 0.25) is 0 Å². The molecule has 1 saturated carbocycles. The second-order valence-corrected chi connectivity index (χ2v) is 6.90. The van der Waals surface area contributed by atoms with Crippen molar-refractivity contribution >= 4 is 12.6 Å². The van der Waals surface area contributed by atoms with Crippen LogP contribution in [0, 0.1) is 5.41 Å². The highest BCUT2D eigenvalue weighted by atomic mass is 32.1. The molecule has 0 aromatic rings. The molecule has 2 aliphatic heterocycles. The topological polar surface area (TPSA) is 6.48 Å². The summed E-state index contributed by atoms with van der Waals surface area (Å²) in [5.41, 5.74) is 0.575. The van der Waals surface area contributed by atoms with Crippen LogP contribution in [0.15, 0.2) is 0 Å². The molecule has 3 rings (SSSR count). The van der Waals surface area contributed by atoms with E-state index in [4.69, 9.17) is 0 Å². The van der Waals surface area contributed by atoms with E-state index < -0.39 is 0 Å². The SMILES string of the molecule is CN1C2CCC1CN(CC1(CS)CCC1)CC2. The molecule has 0 spiro atoms. The molecule has 3 heteroatoms. The molecule has 2 saturated heterocycles. The zero-order valence-corrected chi connectivity index (χ0v) is 12.0. The number of nitrogens with zero attached hydrogens (tertiary/aromatic N) is 2. The Hall–Kier alpha value is 0.270. The summed E-state index contributed by atoms with van der Waals surface area (Å²) in [6.07, 6.45) is 8.50. The number of thiol groups is 1. The molecule has 2 bridgehead atoms. The minimum atomic E-state index is 0.575. The van der Waals surface area contributed by atoms with Crippen molar-refractivity contribution in [3.05, 3.63) is 0 Å². The molecule has 1 aliphatic carbocycles. The Kier molecular flexibility index (Phi) is 3.44. The second kappa shape index (κ2) is 4.75. The van der Waals surface area contributed by atoms with E-state index in [-0.39, 0.29) is 0 Å². The van der Waals surface area contributed by atoms with Crippen LogP contribution in [-0.4, -0.2) is 54.3 Å². The number of fused-ring (bicyclic) bond motifs is 2. The summed E-state index contributed by atoms with van der Waals surface area (Å²) in [6, 6.07) is 1.71. The van der Waals surface area contributed by atoms with Crippen LogP contribution in [0.3, 0.4) is 0 Å². The summed E-state index contributed by atoms with van der Waals surface area (Å²) in [5, 5.41) is 0. The first-order valence-electron chi connectivity index (χ1n) is 7.28. The van der Waals surface area contributed by atoms with Crippen molar-refractivity contribution in [2.75, 3.05) is 32.4 Å². The van der Waals surface area contributed by atoms with Crippen LogP contribution in [-0.2, 0) is 0 Å².